The first-order chi connectivity index (χ1) is 10.1. The summed E-state index contributed by atoms with van der Waals surface area (Å²) in [5.41, 5.74) is 0.401. The van der Waals surface area contributed by atoms with E-state index >= 15 is 0 Å². The summed E-state index contributed by atoms with van der Waals surface area (Å²) in [6, 6.07) is 5.48. The van der Waals surface area contributed by atoms with E-state index in [4.69, 9.17) is 0 Å². The van der Waals surface area contributed by atoms with Gasteiger partial charge in [0.15, 0.2) is 0 Å². The summed E-state index contributed by atoms with van der Waals surface area (Å²) in [4.78, 5) is 25.7. The lowest BCUT2D eigenvalue weighted by Gasteiger charge is -2.43. The largest absolute Gasteiger partial charge is 0.350 e. The second-order valence-corrected chi connectivity index (χ2v) is 5.59. The zero-order valence-corrected chi connectivity index (χ0v) is 11.6. The molecule has 1 aromatic rings. The van der Waals surface area contributed by atoms with Crippen LogP contribution >= 0.6 is 0 Å². The minimum atomic E-state index is -0.403. The van der Waals surface area contributed by atoms with E-state index in [0.29, 0.717) is 5.69 Å². The van der Waals surface area contributed by atoms with E-state index in [0.717, 1.165) is 25.7 Å². The number of nitrogens with one attached hydrogen (secondary N) is 2. The van der Waals surface area contributed by atoms with Crippen LogP contribution in [0, 0.1) is 5.82 Å². The van der Waals surface area contributed by atoms with Crippen LogP contribution in [0.15, 0.2) is 24.3 Å². The van der Waals surface area contributed by atoms with Crippen LogP contribution in [0.4, 0.5) is 14.9 Å². The van der Waals surface area contributed by atoms with Crippen molar-refractivity contribution in [1.29, 1.82) is 0 Å². The molecule has 0 spiro atoms. The number of hydrogen-bond donors (Lipinski definition) is 2. The van der Waals surface area contributed by atoms with E-state index in [2.05, 4.69) is 10.6 Å². The number of hydrogen-bond acceptors (Lipinski definition) is 2. The minimum Gasteiger partial charge on any atom is -0.350 e. The third-order valence-corrected chi connectivity index (χ3v) is 4.13. The monoisotopic (exact) mass is 291 g/mol. The molecule has 0 bridgehead atoms. The number of carbonyl (C=O) groups is 2. The Labute approximate surface area is 122 Å². The number of benzene rings is 1. The Kier molecular flexibility index (Phi) is 3.77. The van der Waals surface area contributed by atoms with Crippen LogP contribution in [-0.4, -0.2) is 35.5 Å². The van der Waals surface area contributed by atoms with Gasteiger partial charge in [0.2, 0.25) is 5.91 Å². The third kappa shape index (κ3) is 2.99. The van der Waals surface area contributed by atoms with Crippen molar-refractivity contribution >= 4 is 17.6 Å². The van der Waals surface area contributed by atoms with Crippen LogP contribution in [0.2, 0.25) is 0 Å². The van der Waals surface area contributed by atoms with Gasteiger partial charge in [0, 0.05) is 11.7 Å². The molecule has 5 nitrogen and oxygen atoms in total. The molecule has 1 saturated carbocycles. The van der Waals surface area contributed by atoms with Crippen molar-refractivity contribution in [2.75, 3.05) is 11.9 Å². The summed E-state index contributed by atoms with van der Waals surface area (Å²) in [6.07, 6.45) is 3.92. The van der Waals surface area contributed by atoms with E-state index in [9.17, 15) is 14.0 Å². The average molecular weight is 291 g/mol. The standard InChI is InChI=1S/C15H18FN3O2/c16-10-4-3-5-11(8-10)17-15(21)19-9-14(20)18-12-6-1-2-7-13(12)19/h3-5,8,12-13H,1-2,6-7,9H2,(H,17,21)(H,18,20)/t12-,13-/m0/s1. The highest BCUT2D eigenvalue weighted by atomic mass is 19.1. The van der Waals surface area contributed by atoms with E-state index in [1.807, 2.05) is 0 Å². The Morgan fingerprint density at radius 3 is 2.95 bits per heavy atom. The Balaban J connectivity index is 1.74. The number of halogens is 1. The van der Waals surface area contributed by atoms with Gasteiger partial charge in [-0.05, 0) is 31.0 Å². The van der Waals surface area contributed by atoms with Crippen molar-refractivity contribution in [1.82, 2.24) is 10.2 Å². The molecule has 6 heteroatoms. The summed E-state index contributed by atoms with van der Waals surface area (Å²) in [6.45, 7) is 0.0579. The molecule has 2 N–H and O–H groups in total. The predicted octanol–water partition coefficient (Wildman–Crippen LogP) is 2.10. The average Bonchev–Trinajstić information content (AvgIpc) is 2.46. The fourth-order valence-corrected chi connectivity index (χ4v) is 3.16. The highest BCUT2D eigenvalue weighted by Gasteiger charge is 2.38. The highest BCUT2D eigenvalue weighted by Crippen LogP contribution is 2.26. The van der Waals surface area contributed by atoms with Crippen molar-refractivity contribution in [3.05, 3.63) is 30.1 Å². The molecule has 2 fully saturated rings. The lowest BCUT2D eigenvalue weighted by Crippen LogP contribution is -2.63. The molecule has 21 heavy (non-hydrogen) atoms. The summed E-state index contributed by atoms with van der Waals surface area (Å²) in [7, 11) is 0. The molecule has 1 heterocycles. The van der Waals surface area contributed by atoms with Crippen LogP contribution in [0.25, 0.3) is 0 Å². The van der Waals surface area contributed by atoms with Crippen molar-refractivity contribution in [2.24, 2.45) is 0 Å². The molecule has 1 aliphatic carbocycles. The Hall–Kier alpha value is -2.11. The first-order valence-electron chi connectivity index (χ1n) is 7.26. The Morgan fingerprint density at radius 2 is 2.14 bits per heavy atom. The quantitative estimate of drug-likeness (QED) is 0.832. The van der Waals surface area contributed by atoms with Crippen molar-refractivity contribution in [3.8, 4) is 0 Å². The molecule has 2 aliphatic rings. The zero-order valence-electron chi connectivity index (χ0n) is 11.6. The highest BCUT2D eigenvalue weighted by molar-refractivity contribution is 5.93. The summed E-state index contributed by atoms with van der Waals surface area (Å²) in [5.74, 6) is -0.535. The topological polar surface area (TPSA) is 61.4 Å². The molecule has 112 valence electrons. The molecule has 1 saturated heterocycles. The van der Waals surface area contributed by atoms with Gasteiger partial charge in [-0.3, -0.25) is 4.79 Å². The Morgan fingerprint density at radius 1 is 1.33 bits per heavy atom. The van der Waals surface area contributed by atoms with Crippen molar-refractivity contribution in [3.63, 3.8) is 0 Å². The number of piperazine rings is 1. The molecular weight excluding hydrogens is 273 g/mol. The maximum atomic E-state index is 13.2. The number of nitrogens with zero attached hydrogens (tertiary/aromatic N) is 1. The van der Waals surface area contributed by atoms with Gasteiger partial charge in [0.05, 0.1) is 6.04 Å². The van der Waals surface area contributed by atoms with Crippen LogP contribution in [-0.2, 0) is 4.79 Å². The van der Waals surface area contributed by atoms with Crippen LogP contribution in [0.5, 0.6) is 0 Å². The predicted molar refractivity (Wildman–Crippen MR) is 76.3 cm³/mol. The molecule has 1 aliphatic heterocycles. The molecular formula is C15H18FN3O2. The maximum Gasteiger partial charge on any atom is 0.322 e. The second-order valence-electron chi connectivity index (χ2n) is 5.59. The van der Waals surface area contributed by atoms with Crippen molar-refractivity contribution in [2.45, 2.75) is 37.8 Å². The molecule has 0 aromatic heterocycles. The smallest absolute Gasteiger partial charge is 0.322 e. The number of amides is 3. The van der Waals surface area contributed by atoms with E-state index < -0.39 is 5.82 Å². The van der Waals surface area contributed by atoms with Gasteiger partial charge in [-0.15, -0.1) is 0 Å². The SMILES string of the molecule is O=C1CN(C(=O)Nc2cccc(F)c2)[C@H]2CCCC[C@@H]2N1. The Bertz CT molecular complexity index is 564. The molecule has 3 amide bonds. The summed E-state index contributed by atoms with van der Waals surface area (Å²) >= 11 is 0. The lowest BCUT2D eigenvalue weighted by atomic mass is 9.87. The molecule has 0 unspecified atom stereocenters. The van der Waals surface area contributed by atoms with Crippen LogP contribution < -0.4 is 10.6 Å². The first kappa shape index (κ1) is 13.9. The minimum absolute atomic E-state index is 0.0324. The molecule has 2 atom stereocenters. The third-order valence-electron chi connectivity index (χ3n) is 4.13. The van der Waals surface area contributed by atoms with Gasteiger partial charge in [-0.1, -0.05) is 18.9 Å². The van der Waals surface area contributed by atoms with Gasteiger partial charge in [-0.25, -0.2) is 9.18 Å². The number of carbonyl (C=O) groups excluding carboxylic acids is 2. The van der Waals surface area contributed by atoms with Gasteiger partial charge in [-0.2, -0.15) is 0 Å². The van der Waals surface area contributed by atoms with Gasteiger partial charge >= 0.3 is 6.03 Å². The van der Waals surface area contributed by atoms with Gasteiger partial charge in [0.1, 0.15) is 12.4 Å². The van der Waals surface area contributed by atoms with Gasteiger partial charge < -0.3 is 15.5 Å². The number of rotatable bonds is 1. The molecule has 1 aromatic carbocycles. The lowest BCUT2D eigenvalue weighted by molar-refractivity contribution is -0.126. The van der Waals surface area contributed by atoms with E-state index in [1.165, 1.54) is 18.2 Å². The fourth-order valence-electron chi connectivity index (χ4n) is 3.16. The van der Waals surface area contributed by atoms with E-state index in [1.54, 1.807) is 11.0 Å². The normalized spacial score (nSPS) is 25.0. The zero-order chi connectivity index (χ0) is 14.8. The maximum absolute atomic E-state index is 13.2. The number of anilines is 1. The van der Waals surface area contributed by atoms with Crippen LogP contribution in [0.1, 0.15) is 25.7 Å². The fraction of sp³-hybridized carbons (Fsp3) is 0.467. The summed E-state index contributed by atoms with van der Waals surface area (Å²) in [5, 5.41) is 5.63. The van der Waals surface area contributed by atoms with Gasteiger partial charge in [0.25, 0.3) is 0 Å². The van der Waals surface area contributed by atoms with Crippen LogP contribution in [0.3, 0.4) is 0 Å². The first-order valence-corrected chi connectivity index (χ1v) is 7.26. The molecule has 3 rings (SSSR count). The number of fused-ring (bicyclic) bond motifs is 1. The van der Waals surface area contributed by atoms with E-state index in [-0.39, 0.29) is 30.6 Å². The molecule has 0 radical (unpaired) electrons. The summed E-state index contributed by atoms with van der Waals surface area (Å²) < 4.78 is 13.2. The second kappa shape index (κ2) is 5.71. The number of urea groups is 1. The van der Waals surface area contributed by atoms with Crippen molar-refractivity contribution < 1.29 is 14.0 Å².